The van der Waals surface area contributed by atoms with Gasteiger partial charge in [-0.3, -0.25) is 4.79 Å². The second-order valence-electron chi connectivity index (χ2n) is 10.8. The molecule has 2 aromatic rings. The van der Waals surface area contributed by atoms with E-state index in [-0.39, 0.29) is 22.9 Å². The Morgan fingerprint density at radius 1 is 1.08 bits per heavy atom. The van der Waals surface area contributed by atoms with Crippen molar-refractivity contribution in [2.75, 3.05) is 31.5 Å². The van der Waals surface area contributed by atoms with E-state index in [1.807, 2.05) is 36.9 Å². The van der Waals surface area contributed by atoms with Gasteiger partial charge in [0.2, 0.25) is 10.0 Å². The van der Waals surface area contributed by atoms with E-state index in [0.717, 1.165) is 57.4 Å². The fraction of sp³-hybridized carbons (Fsp3) is 0.517. The van der Waals surface area contributed by atoms with Crippen molar-refractivity contribution in [1.29, 1.82) is 0 Å². The zero-order valence-electron chi connectivity index (χ0n) is 23.5. The lowest BCUT2D eigenvalue weighted by atomic mass is 9.95. The Balaban J connectivity index is 1.56. The highest BCUT2D eigenvalue weighted by atomic mass is 32.2. The minimum absolute atomic E-state index is 0.0335. The largest absolute Gasteiger partial charge is 0.336 e. The molecule has 3 rings (SSSR count). The molecule has 9 nitrogen and oxygen atoms in total. The molecular weight excluding hydrogens is 514 g/mol. The van der Waals surface area contributed by atoms with E-state index >= 15 is 0 Å². The van der Waals surface area contributed by atoms with Crippen molar-refractivity contribution >= 4 is 27.6 Å². The summed E-state index contributed by atoms with van der Waals surface area (Å²) in [7, 11) is -3.81. The van der Waals surface area contributed by atoms with Crippen LogP contribution in [0.2, 0.25) is 0 Å². The van der Waals surface area contributed by atoms with Gasteiger partial charge in [0.05, 0.1) is 4.90 Å². The average Bonchev–Trinajstić information content (AvgIpc) is 2.88. The number of primary sulfonamides is 1. The highest BCUT2D eigenvalue weighted by Gasteiger charge is 2.26. The van der Waals surface area contributed by atoms with Crippen molar-refractivity contribution in [1.82, 2.24) is 15.1 Å². The molecule has 1 saturated heterocycles. The molecule has 1 heterocycles. The van der Waals surface area contributed by atoms with E-state index in [4.69, 9.17) is 5.14 Å². The number of rotatable bonds is 11. The molecule has 0 radical (unpaired) electrons. The molecule has 1 aliphatic heterocycles. The van der Waals surface area contributed by atoms with Gasteiger partial charge in [0, 0.05) is 43.0 Å². The van der Waals surface area contributed by atoms with Crippen molar-refractivity contribution in [3.63, 3.8) is 0 Å². The summed E-state index contributed by atoms with van der Waals surface area (Å²) in [6.45, 7) is 12.0. The van der Waals surface area contributed by atoms with Crippen molar-refractivity contribution in [3.05, 3.63) is 59.7 Å². The van der Waals surface area contributed by atoms with Gasteiger partial charge >= 0.3 is 6.03 Å². The molecule has 0 spiro atoms. The van der Waals surface area contributed by atoms with Gasteiger partial charge in [-0.25, -0.2) is 18.4 Å². The van der Waals surface area contributed by atoms with Gasteiger partial charge in [-0.15, -0.1) is 0 Å². The van der Waals surface area contributed by atoms with Crippen LogP contribution >= 0.6 is 0 Å². The number of carbonyl (C=O) groups is 2. The van der Waals surface area contributed by atoms with E-state index in [1.54, 1.807) is 0 Å². The SMILES string of the molecule is CCCN(CC1CCN(C(=O)NC(C)C)CC1)C(C)Cc1cccc(NC(=O)c2ccc(S(N)(=O)=O)cc2)c1. The van der Waals surface area contributed by atoms with Crippen LogP contribution in [0.3, 0.4) is 0 Å². The minimum atomic E-state index is -3.81. The Kier molecular flexibility index (Phi) is 10.9. The standard InChI is InChI=1S/C29H43N5O4S/c1-5-15-34(20-23-13-16-33(17-14-23)29(36)31-21(2)3)22(4)18-24-7-6-8-26(19-24)32-28(35)25-9-11-27(12-10-25)39(30,37)38/h6-12,19,21-23H,5,13-18,20H2,1-4H3,(H,31,36)(H,32,35)(H2,30,37,38). The highest BCUT2D eigenvalue weighted by molar-refractivity contribution is 7.89. The summed E-state index contributed by atoms with van der Waals surface area (Å²) >= 11 is 0. The van der Waals surface area contributed by atoms with Gasteiger partial charge in [0.25, 0.3) is 5.91 Å². The third kappa shape index (κ3) is 9.33. The summed E-state index contributed by atoms with van der Waals surface area (Å²) in [5.41, 5.74) is 2.17. The zero-order valence-corrected chi connectivity index (χ0v) is 24.3. The quantitative estimate of drug-likeness (QED) is 0.384. The molecule has 3 amide bonds. The van der Waals surface area contributed by atoms with Gasteiger partial charge in [-0.2, -0.15) is 0 Å². The van der Waals surface area contributed by atoms with Crippen molar-refractivity contribution in [2.24, 2.45) is 11.1 Å². The van der Waals surface area contributed by atoms with Crippen LogP contribution in [-0.4, -0.2) is 68.4 Å². The second-order valence-corrected chi connectivity index (χ2v) is 12.4. The zero-order chi connectivity index (χ0) is 28.6. The number of sulfonamides is 1. The molecule has 0 saturated carbocycles. The summed E-state index contributed by atoms with van der Waals surface area (Å²) in [5, 5.41) is 11.0. The maximum Gasteiger partial charge on any atom is 0.317 e. The summed E-state index contributed by atoms with van der Waals surface area (Å²) in [5.74, 6) is 0.246. The number of hydrogen-bond donors (Lipinski definition) is 3. The Morgan fingerprint density at radius 3 is 2.33 bits per heavy atom. The molecule has 10 heteroatoms. The van der Waals surface area contributed by atoms with E-state index in [9.17, 15) is 18.0 Å². The molecule has 1 aliphatic rings. The van der Waals surface area contributed by atoms with E-state index in [0.29, 0.717) is 23.2 Å². The third-order valence-corrected chi connectivity index (χ3v) is 8.03. The topological polar surface area (TPSA) is 125 Å². The lowest BCUT2D eigenvalue weighted by Gasteiger charge is -2.37. The molecule has 214 valence electrons. The third-order valence-electron chi connectivity index (χ3n) is 7.10. The smallest absolute Gasteiger partial charge is 0.317 e. The predicted octanol–water partition coefficient (Wildman–Crippen LogP) is 4.06. The number of amides is 3. The fourth-order valence-electron chi connectivity index (χ4n) is 5.01. The molecular formula is C29H43N5O4S. The number of hydrogen-bond acceptors (Lipinski definition) is 5. The maximum atomic E-state index is 12.7. The van der Waals surface area contributed by atoms with Gasteiger partial charge < -0.3 is 20.4 Å². The summed E-state index contributed by atoms with van der Waals surface area (Å²) < 4.78 is 22.9. The monoisotopic (exact) mass is 557 g/mol. The second kappa shape index (κ2) is 13.9. The first-order chi connectivity index (χ1) is 18.5. The van der Waals surface area contributed by atoms with Gasteiger partial charge in [0.1, 0.15) is 0 Å². The fourth-order valence-corrected chi connectivity index (χ4v) is 5.53. The lowest BCUT2D eigenvalue weighted by molar-refractivity contribution is 0.102. The molecule has 1 fully saturated rings. The Morgan fingerprint density at radius 2 is 1.74 bits per heavy atom. The molecule has 0 aliphatic carbocycles. The molecule has 2 aromatic carbocycles. The van der Waals surface area contributed by atoms with Crippen LogP contribution < -0.4 is 15.8 Å². The van der Waals surface area contributed by atoms with Crippen molar-refractivity contribution < 1.29 is 18.0 Å². The van der Waals surface area contributed by atoms with E-state index in [2.05, 4.69) is 35.4 Å². The molecule has 4 N–H and O–H groups in total. The molecule has 1 unspecified atom stereocenters. The van der Waals surface area contributed by atoms with Gasteiger partial charge in [-0.05, 0) is 101 Å². The summed E-state index contributed by atoms with van der Waals surface area (Å²) in [6.07, 6.45) is 3.94. The minimum Gasteiger partial charge on any atom is -0.336 e. The summed E-state index contributed by atoms with van der Waals surface area (Å²) in [6, 6.07) is 13.9. The Labute approximate surface area is 233 Å². The number of nitrogens with one attached hydrogen (secondary N) is 2. The Bertz CT molecular complexity index is 1210. The Hall–Kier alpha value is -2.95. The van der Waals surface area contributed by atoms with Crippen LogP contribution in [0.15, 0.2) is 53.4 Å². The number of nitrogens with zero attached hydrogens (tertiary/aromatic N) is 2. The van der Waals surface area contributed by atoms with Crippen LogP contribution in [0.25, 0.3) is 0 Å². The number of likely N-dealkylation sites (tertiary alicyclic amines) is 1. The molecule has 39 heavy (non-hydrogen) atoms. The van der Waals surface area contributed by atoms with Crippen LogP contribution in [0.4, 0.5) is 10.5 Å². The number of benzene rings is 2. The number of urea groups is 1. The first-order valence-corrected chi connectivity index (χ1v) is 15.3. The van der Waals surface area contributed by atoms with Crippen molar-refractivity contribution in [3.8, 4) is 0 Å². The van der Waals surface area contributed by atoms with Crippen LogP contribution in [0.5, 0.6) is 0 Å². The average molecular weight is 558 g/mol. The van der Waals surface area contributed by atoms with Crippen LogP contribution in [-0.2, 0) is 16.4 Å². The summed E-state index contributed by atoms with van der Waals surface area (Å²) in [4.78, 5) is 29.5. The van der Waals surface area contributed by atoms with Gasteiger partial charge in [-0.1, -0.05) is 19.1 Å². The number of nitrogens with two attached hydrogens (primary N) is 1. The molecule has 0 aromatic heterocycles. The predicted molar refractivity (Wildman–Crippen MR) is 155 cm³/mol. The highest BCUT2D eigenvalue weighted by Crippen LogP contribution is 2.22. The first-order valence-electron chi connectivity index (χ1n) is 13.8. The normalized spacial score (nSPS) is 15.4. The van der Waals surface area contributed by atoms with E-state index in [1.165, 1.54) is 24.3 Å². The van der Waals surface area contributed by atoms with Gasteiger partial charge in [0.15, 0.2) is 0 Å². The number of carbonyl (C=O) groups excluding carboxylic acids is 2. The van der Waals surface area contributed by atoms with Crippen LogP contribution in [0.1, 0.15) is 62.9 Å². The van der Waals surface area contributed by atoms with E-state index < -0.39 is 10.0 Å². The first kappa shape index (κ1) is 30.6. The molecule has 0 bridgehead atoms. The molecule has 1 atom stereocenters. The van der Waals surface area contributed by atoms with Crippen LogP contribution in [0, 0.1) is 5.92 Å². The number of anilines is 1. The number of piperidine rings is 1. The lowest BCUT2D eigenvalue weighted by Crippen LogP contribution is -2.48. The van der Waals surface area contributed by atoms with Crippen molar-refractivity contribution in [2.45, 2.75) is 70.4 Å². The maximum absolute atomic E-state index is 12.7.